The van der Waals surface area contributed by atoms with Crippen molar-refractivity contribution in [2.75, 3.05) is 6.54 Å². The number of nitrogens with zero attached hydrogens (tertiary/aromatic N) is 1. The van der Waals surface area contributed by atoms with E-state index in [2.05, 4.69) is 5.32 Å². The average Bonchev–Trinajstić information content (AvgIpc) is 3.02. The van der Waals surface area contributed by atoms with Crippen molar-refractivity contribution in [1.82, 2.24) is 9.88 Å². The summed E-state index contributed by atoms with van der Waals surface area (Å²) in [5.41, 5.74) is 0.141. The molecular formula is C14H18N2OS. The minimum atomic E-state index is 0.141. The lowest BCUT2D eigenvalue weighted by Crippen LogP contribution is -2.32. The van der Waals surface area contributed by atoms with Crippen LogP contribution in [0.3, 0.4) is 0 Å². The highest BCUT2D eigenvalue weighted by Crippen LogP contribution is 2.17. The maximum atomic E-state index is 12.2. The fourth-order valence-electron chi connectivity index (χ4n) is 2.70. The standard InChI is InChI=1S/C14H18N2OS/c17-14-12-6-10-18-13(12)5-8-16(14)9-7-15-11-3-1-2-4-11/h5-6,8,10-11,15H,1-4,7,9H2. The van der Waals surface area contributed by atoms with Crippen LogP contribution in [0.4, 0.5) is 0 Å². The summed E-state index contributed by atoms with van der Waals surface area (Å²) in [5, 5.41) is 6.37. The van der Waals surface area contributed by atoms with Crippen molar-refractivity contribution in [3.05, 3.63) is 34.1 Å². The molecule has 0 aliphatic heterocycles. The molecule has 1 saturated carbocycles. The summed E-state index contributed by atoms with van der Waals surface area (Å²) in [6.07, 6.45) is 7.19. The van der Waals surface area contributed by atoms with E-state index in [4.69, 9.17) is 0 Å². The highest BCUT2D eigenvalue weighted by molar-refractivity contribution is 7.17. The first-order chi connectivity index (χ1) is 8.84. The van der Waals surface area contributed by atoms with Crippen molar-refractivity contribution in [1.29, 1.82) is 0 Å². The number of nitrogens with one attached hydrogen (secondary N) is 1. The summed E-state index contributed by atoms with van der Waals surface area (Å²) >= 11 is 1.63. The third-order valence-corrected chi connectivity index (χ3v) is 4.62. The Morgan fingerprint density at radius 1 is 1.33 bits per heavy atom. The molecule has 18 heavy (non-hydrogen) atoms. The van der Waals surface area contributed by atoms with E-state index < -0.39 is 0 Å². The third kappa shape index (κ3) is 2.35. The van der Waals surface area contributed by atoms with Gasteiger partial charge >= 0.3 is 0 Å². The van der Waals surface area contributed by atoms with Gasteiger partial charge in [-0.25, -0.2) is 0 Å². The zero-order valence-corrected chi connectivity index (χ0v) is 11.2. The first-order valence-electron chi connectivity index (χ1n) is 6.64. The van der Waals surface area contributed by atoms with E-state index in [1.165, 1.54) is 25.7 Å². The lowest BCUT2D eigenvalue weighted by Gasteiger charge is -2.12. The Morgan fingerprint density at radius 2 is 2.17 bits per heavy atom. The van der Waals surface area contributed by atoms with Gasteiger partial charge in [0.25, 0.3) is 5.56 Å². The number of pyridine rings is 1. The van der Waals surface area contributed by atoms with Crippen molar-refractivity contribution in [3.8, 4) is 0 Å². The molecule has 0 bridgehead atoms. The van der Waals surface area contributed by atoms with E-state index in [1.54, 1.807) is 11.3 Å². The molecule has 3 rings (SSSR count). The molecule has 0 aromatic carbocycles. The molecular weight excluding hydrogens is 244 g/mol. The number of aromatic nitrogens is 1. The molecule has 0 radical (unpaired) electrons. The van der Waals surface area contributed by atoms with Gasteiger partial charge in [0.15, 0.2) is 0 Å². The number of rotatable bonds is 4. The van der Waals surface area contributed by atoms with Crippen molar-refractivity contribution in [2.45, 2.75) is 38.3 Å². The minimum Gasteiger partial charge on any atom is -0.314 e. The Bertz CT molecular complexity index is 581. The molecule has 3 nitrogen and oxygen atoms in total. The number of hydrogen-bond acceptors (Lipinski definition) is 3. The molecule has 2 aromatic rings. The first kappa shape index (κ1) is 11.9. The van der Waals surface area contributed by atoms with Gasteiger partial charge in [-0.15, -0.1) is 11.3 Å². The van der Waals surface area contributed by atoms with Crippen LogP contribution in [-0.4, -0.2) is 17.2 Å². The van der Waals surface area contributed by atoms with Crippen LogP contribution in [0.2, 0.25) is 0 Å². The van der Waals surface area contributed by atoms with Crippen molar-refractivity contribution >= 4 is 21.4 Å². The van der Waals surface area contributed by atoms with Gasteiger partial charge in [0.2, 0.25) is 0 Å². The van der Waals surface area contributed by atoms with Gasteiger partial charge in [0, 0.05) is 30.0 Å². The smallest absolute Gasteiger partial charge is 0.259 e. The number of fused-ring (bicyclic) bond motifs is 1. The summed E-state index contributed by atoms with van der Waals surface area (Å²) in [7, 11) is 0. The number of thiophene rings is 1. The fraction of sp³-hybridized carbons (Fsp3) is 0.500. The zero-order valence-electron chi connectivity index (χ0n) is 10.4. The average molecular weight is 262 g/mol. The van der Waals surface area contributed by atoms with Crippen molar-refractivity contribution in [3.63, 3.8) is 0 Å². The van der Waals surface area contributed by atoms with Gasteiger partial charge in [-0.05, 0) is 30.4 Å². The van der Waals surface area contributed by atoms with E-state index in [0.717, 1.165) is 23.2 Å². The molecule has 0 saturated heterocycles. The second-order valence-electron chi connectivity index (χ2n) is 4.95. The van der Waals surface area contributed by atoms with Gasteiger partial charge in [0.1, 0.15) is 0 Å². The van der Waals surface area contributed by atoms with E-state index in [9.17, 15) is 4.79 Å². The van der Waals surface area contributed by atoms with Crippen LogP contribution in [0.15, 0.2) is 28.5 Å². The summed E-state index contributed by atoms with van der Waals surface area (Å²) in [4.78, 5) is 12.2. The lowest BCUT2D eigenvalue weighted by atomic mass is 10.2. The summed E-state index contributed by atoms with van der Waals surface area (Å²) in [6, 6.07) is 4.63. The van der Waals surface area contributed by atoms with Crippen molar-refractivity contribution in [2.24, 2.45) is 0 Å². The van der Waals surface area contributed by atoms with Gasteiger partial charge in [-0.2, -0.15) is 0 Å². The molecule has 0 unspecified atom stereocenters. The Balaban J connectivity index is 1.66. The van der Waals surface area contributed by atoms with Gasteiger partial charge < -0.3 is 9.88 Å². The number of hydrogen-bond donors (Lipinski definition) is 1. The molecule has 0 spiro atoms. The normalized spacial score (nSPS) is 16.7. The summed E-state index contributed by atoms with van der Waals surface area (Å²) < 4.78 is 2.90. The Labute approximate surface area is 110 Å². The lowest BCUT2D eigenvalue weighted by molar-refractivity contribution is 0.493. The molecule has 1 aliphatic rings. The fourth-order valence-corrected chi connectivity index (χ4v) is 3.47. The maximum absolute atomic E-state index is 12.2. The topological polar surface area (TPSA) is 34.0 Å². The quantitative estimate of drug-likeness (QED) is 0.919. The first-order valence-corrected chi connectivity index (χ1v) is 7.52. The van der Waals surface area contributed by atoms with E-state index in [0.29, 0.717) is 6.04 Å². The Hall–Kier alpha value is -1.13. The second kappa shape index (κ2) is 5.24. The van der Waals surface area contributed by atoms with Crippen LogP contribution in [0.1, 0.15) is 25.7 Å². The molecule has 1 fully saturated rings. The third-order valence-electron chi connectivity index (χ3n) is 3.73. The molecule has 0 amide bonds. The van der Waals surface area contributed by atoms with Crippen LogP contribution in [0.5, 0.6) is 0 Å². The monoisotopic (exact) mass is 262 g/mol. The molecule has 2 aromatic heterocycles. The molecule has 1 N–H and O–H groups in total. The maximum Gasteiger partial charge on any atom is 0.259 e. The highest BCUT2D eigenvalue weighted by atomic mass is 32.1. The van der Waals surface area contributed by atoms with E-state index in [-0.39, 0.29) is 5.56 Å². The Kier molecular flexibility index (Phi) is 3.48. The molecule has 0 atom stereocenters. The second-order valence-corrected chi connectivity index (χ2v) is 5.90. The van der Waals surface area contributed by atoms with E-state index >= 15 is 0 Å². The highest BCUT2D eigenvalue weighted by Gasteiger charge is 2.13. The molecule has 4 heteroatoms. The largest absolute Gasteiger partial charge is 0.314 e. The summed E-state index contributed by atoms with van der Waals surface area (Å²) in [5.74, 6) is 0. The van der Waals surface area contributed by atoms with Gasteiger partial charge in [0.05, 0.1) is 5.39 Å². The zero-order chi connectivity index (χ0) is 12.4. The molecule has 1 aliphatic carbocycles. The van der Waals surface area contributed by atoms with Crippen LogP contribution < -0.4 is 10.9 Å². The van der Waals surface area contributed by atoms with Crippen LogP contribution in [0, 0.1) is 0 Å². The summed E-state index contributed by atoms with van der Waals surface area (Å²) in [6.45, 7) is 1.65. The van der Waals surface area contributed by atoms with Crippen LogP contribution in [-0.2, 0) is 6.54 Å². The SMILES string of the molecule is O=c1c2ccsc2ccn1CCNC1CCCC1. The van der Waals surface area contributed by atoms with Gasteiger partial charge in [-0.3, -0.25) is 4.79 Å². The predicted octanol–water partition coefficient (Wildman–Crippen LogP) is 2.60. The molecule has 96 valence electrons. The molecule has 2 heterocycles. The van der Waals surface area contributed by atoms with Crippen LogP contribution >= 0.6 is 11.3 Å². The van der Waals surface area contributed by atoms with E-state index in [1.807, 2.05) is 28.3 Å². The van der Waals surface area contributed by atoms with Crippen LogP contribution in [0.25, 0.3) is 10.1 Å². The minimum absolute atomic E-state index is 0.141. The van der Waals surface area contributed by atoms with Crippen molar-refractivity contribution < 1.29 is 0 Å². The Morgan fingerprint density at radius 3 is 3.00 bits per heavy atom. The van der Waals surface area contributed by atoms with Gasteiger partial charge in [-0.1, -0.05) is 12.8 Å². The predicted molar refractivity (Wildman–Crippen MR) is 76.3 cm³/mol.